The van der Waals surface area contributed by atoms with Gasteiger partial charge in [0, 0.05) is 0 Å². The average molecular weight is 250 g/mol. The lowest BCUT2D eigenvalue weighted by molar-refractivity contribution is 0.836. The second-order valence-electron chi connectivity index (χ2n) is 5.33. The van der Waals surface area contributed by atoms with Gasteiger partial charge in [0.1, 0.15) is 0 Å². The summed E-state index contributed by atoms with van der Waals surface area (Å²) >= 11 is 0. The smallest absolute Gasteiger partial charge is 0.0238 e. The number of aryl methyl sites for hydroxylation is 2. The van der Waals surface area contributed by atoms with E-state index in [0.29, 0.717) is 5.92 Å². The van der Waals surface area contributed by atoms with Crippen LogP contribution in [0.25, 0.3) is 6.08 Å². The summed E-state index contributed by atoms with van der Waals surface area (Å²) in [4.78, 5) is 0. The molecule has 2 rings (SSSR count). The van der Waals surface area contributed by atoms with Crippen LogP contribution in [0, 0.1) is 5.92 Å². The molecule has 0 aromatic heterocycles. The number of hydrogen-bond donors (Lipinski definition) is 0. The van der Waals surface area contributed by atoms with Gasteiger partial charge in [0.25, 0.3) is 0 Å². The van der Waals surface area contributed by atoms with E-state index in [0.717, 1.165) is 12.8 Å². The van der Waals surface area contributed by atoms with E-state index in [2.05, 4.69) is 80.6 Å². The highest BCUT2D eigenvalue weighted by atomic mass is 14.0. The van der Waals surface area contributed by atoms with Crippen molar-refractivity contribution in [1.82, 2.24) is 0 Å². The van der Waals surface area contributed by atoms with Crippen molar-refractivity contribution in [2.45, 2.75) is 26.7 Å². The molecule has 0 spiro atoms. The fourth-order valence-electron chi connectivity index (χ4n) is 2.03. The fraction of sp³-hybridized carbons (Fsp3) is 0.263. The molecule has 0 amide bonds. The molecule has 0 bridgehead atoms. The van der Waals surface area contributed by atoms with Crippen molar-refractivity contribution in [3.63, 3.8) is 0 Å². The maximum atomic E-state index is 2.24. The molecule has 0 atom stereocenters. The summed E-state index contributed by atoms with van der Waals surface area (Å²) in [6.45, 7) is 4.40. The average Bonchev–Trinajstić information content (AvgIpc) is 2.45. The first-order valence-electron chi connectivity index (χ1n) is 7.05. The first-order chi connectivity index (χ1) is 9.24. The Hall–Kier alpha value is -1.82. The van der Waals surface area contributed by atoms with Crippen LogP contribution in [0.5, 0.6) is 0 Å². The minimum atomic E-state index is 0.609. The maximum absolute atomic E-state index is 2.24. The van der Waals surface area contributed by atoms with E-state index >= 15 is 0 Å². The summed E-state index contributed by atoms with van der Waals surface area (Å²) in [7, 11) is 0. The van der Waals surface area contributed by atoms with E-state index in [1.165, 1.54) is 16.7 Å². The van der Waals surface area contributed by atoms with Gasteiger partial charge in [0.15, 0.2) is 0 Å². The molecule has 0 aliphatic heterocycles. The molecule has 0 N–H and O–H groups in total. The first kappa shape index (κ1) is 13.6. The molecule has 0 aliphatic rings. The van der Waals surface area contributed by atoms with Gasteiger partial charge in [-0.25, -0.2) is 0 Å². The standard InChI is InChI=1S/C19H22/c1-16(2)8-9-18-12-14-19(15-13-18)11-10-17-6-4-3-5-7-17/h3-9,12-16H,10-11H2,1-2H3/b9-8+. The minimum Gasteiger partial charge on any atom is -0.0814 e. The summed E-state index contributed by atoms with van der Waals surface area (Å²) in [6.07, 6.45) is 6.66. The second-order valence-corrected chi connectivity index (χ2v) is 5.33. The Labute approximate surface area is 116 Å². The summed E-state index contributed by atoms with van der Waals surface area (Å²) in [5, 5.41) is 0. The summed E-state index contributed by atoms with van der Waals surface area (Å²) in [6, 6.07) is 19.6. The molecule has 0 fully saturated rings. The summed E-state index contributed by atoms with van der Waals surface area (Å²) in [5.74, 6) is 0.609. The molecule has 0 saturated heterocycles. The fourth-order valence-corrected chi connectivity index (χ4v) is 2.03. The van der Waals surface area contributed by atoms with Gasteiger partial charge in [-0.2, -0.15) is 0 Å². The van der Waals surface area contributed by atoms with E-state index in [4.69, 9.17) is 0 Å². The van der Waals surface area contributed by atoms with E-state index in [-0.39, 0.29) is 0 Å². The van der Waals surface area contributed by atoms with Crippen molar-refractivity contribution in [3.8, 4) is 0 Å². The van der Waals surface area contributed by atoms with E-state index in [9.17, 15) is 0 Å². The third-order valence-electron chi connectivity index (χ3n) is 3.20. The van der Waals surface area contributed by atoms with Crippen LogP contribution in [-0.4, -0.2) is 0 Å². The highest BCUT2D eigenvalue weighted by Crippen LogP contribution is 2.11. The largest absolute Gasteiger partial charge is 0.0814 e. The van der Waals surface area contributed by atoms with Gasteiger partial charge in [-0.1, -0.05) is 80.6 Å². The molecule has 19 heavy (non-hydrogen) atoms. The molecular weight excluding hydrogens is 228 g/mol. The molecule has 2 aromatic rings. The van der Waals surface area contributed by atoms with Crippen LogP contribution in [0.4, 0.5) is 0 Å². The molecular formula is C19H22. The van der Waals surface area contributed by atoms with Crippen LogP contribution < -0.4 is 0 Å². The highest BCUT2D eigenvalue weighted by molar-refractivity contribution is 5.49. The Morgan fingerprint density at radius 3 is 1.95 bits per heavy atom. The SMILES string of the molecule is CC(C)/C=C/c1ccc(CCc2ccccc2)cc1. The van der Waals surface area contributed by atoms with Gasteiger partial charge in [0.2, 0.25) is 0 Å². The summed E-state index contributed by atoms with van der Waals surface area (Å²) < 4.78 is 0. The Balaban J connectivity index is 1.92. The van der Waals surface area contributed by atoms with Gasteiger partial charge >= 0.3 is 0 Å². The summed E-state index contributed by atoms with van der Waals surface area (Å²) in [5.41, 5.74) is 4.11. The van der Waals surface area contributed by atoms with Gasteiger partial charge < -0.3 is 0 Å². The first-order valence-corrected chi connectivity index (χ1v) is 7.05. The molecule has 0 heteroatoms. The van der Waals surface area contributed by atoms with Crippen LogP contribution in [0.3, 0.4) is 0 Å². The lowest BCUT2D eigenvalue weighted by atomic mass is 10.0. The molecule has 0 heterocycles. The molecule has 98 valence electrons. The molecule has 0 radical (unpaired) electrons. The van der Waals surface area contributed by atoms with Crippen molar-refractivity contribution in [3.05, 3.63) is 77.4 Å². The molecule has 0 aliphatic carbocycles. The van der Waals surface area contributed by atoms with Crippen LogP contribution in [-0.2, 0) is 12.8 Å². The number of benzene rings is 2. The normalized spacial score (nSPS) is 11.3. The Morgan fingerprint density at radius 2 is 1.37 bits per heavy atom. The van der Waals surface area contributed by atoms with Crippen molar-refractivity contribution in [2.24, 2.45) is 5.92 Å². The third kappa shape index (κ3) is 4.75. The topological polar surface area (TPSA) is 0 Å². The van der Waals surface area contributed by atoms with Crippen LogP contribution in [0.1, 0.15) is 30.5 Å². The quantitative estimate of drug-likeness (QED) is 0.689. The maximum Gasteiger partial charge on any atom is -0.0238 e. The zero-order chi connectivity index (χ0) is 13.5. The van der Waals surface area contributed by atoms with Gasteiger partial charge in [-0.3, -0.25) is 0 Å². The Morgan fingerprint density at radius 1 is 0.789 bits per heavy atom. The zero-order valence-corrected chi connectivity index (χ0v) is 11.8. The molecule has 0 saturated carbocycles. The highest BCUT2D eigenvalue weighted by Gasteiger charge is 1.95. The van der Waals surface area contributed by atoms with Crippen molar-refractivity contribution in [1.29, 1.82) is 0 Å². The van der Waals surface area contributed by atoms with Crippen LogP contribution in [0.15, 0.2) is 60.7 Å². The minimum absolute atomic E-state index is 0.609. The Kier molecular flexibility index (Phi) is 4.97. The van der Waals surface area contributed by atoms with Crippen LogP contribution >= 0.6 is 0 Å². The lowest BCUT2D eigenvalue weighted by Crippen LogP contribution is -1.90. The van der Waals surface area contributed by atoms with Crippen molar-refractivity contribution < 1.29 is 0 Å². The molecule has 0 nitrogen and oxygen atoms in total. The molecule has 0 unspecified atom stereocenters. The lowest BCUT2D eigenvalue weighted by Gasteiger charge is -2.03. The zero-order valence-electron chi connectivity index (χ0n) is 11.8. The number of allylic oxidation sites excluding steroid dienone is 1. The van der Waals surface area contributed by atoms with E-state index < -0.39 is 0 Å². The van der Waals surface area contributed by atoms with Crippen molar-refractivity contribution >= 4 is 6.08 Å². The second kappa shape index (κ2) is 6.94. The van der Waals surface area contributed by atoms with Gasteiger partial charge in [-0.05, 0) is 35.4 Å². The van der Waals surface area contributed by atoms with E-state index in [1.54, 1.807) is 0 Å². The van der Waals surface area contributed by atoms with Gasteiger partial charge in [-0.15, -0.1) is 0 Å². The Bertz CT molecular complexity index is 503. The monoisotopic (exact) mass is 250 g/mol. The van der Waals surface area contributed by atoms with Crippen molar-refractivity contribution in [2.75, 3.05) is 0 Å². The van der Waals surface area contributed by atoms with Crippen LogP contribution in [0.2, 0.25) is 0 Å². The van der Waals surface area contributed by atoms with E-state index in [1.807, 2.05) is 0 Å². The molecule has 2 aromatic carbocycles. The number of rotatable bonds is 5. The number of hydrogen-bond acceptors (Lipinski definition) is 0. The third-order valence-corrected chi connectivity index (χ3v) is 3.20. The predicted octanol–water partition coefficient (Wildman–Crippen LogP) is 5.14. The predicted molar refractivity (Wildman–Crippen MR) is 84.2 cm³/mol. The van der Waals surface area contributed by atoms with Gasteiger partial charge in [0.05, 0.1) is 0 Å².